The van der Waals surface area contributed by atoms with Crippen molar-refractivity contribution in [3.8, 4) is 0 Å². The summed E-state index contributed by atoms with van der Waals surface area (Å²) in [6, 6.07) is 9.07. The molecule has 8 heteroatoms. The fourth-order valence-corrected chi connectivity index (χ4v) is 1.53. The van der Waals surface area contributed by atoms with Crippen LogP contribution < -0.4 is 5.43 Å². The van der Waals surface area contributed by atoms with Crippen LogP contribution >= 0.6 is 0 Å². The number of nitro groups is 1. The maximum Gasteiger partial charge on any atom is 0.336 e. The zero-order chi connectivity index (χ0) is 15.2. The van der Waals surface area contributed by atoms with Crippen LogP contribution in [0, 0.1) is 10.1 Å². The van der Waals surface area contributed by atoms with Gasteiger partial charge in [0.15, 0.2) is 0 Å². The molecule has 0 aliphatic heterocycles. The quantitative estimate of drug-likeness (QED) is 0.494. The average Bonchev–Trinajstić information content (AvgIpc) is 2.48. The lowest BCUT2D eigenvalue weighted by molar-refractivity contribution is -0.385. The Hall–Kier alpha value is -3.29. The number of hydrogen-bond donors (Lipinski definition) is 2. The maximum atomic E-state index is 11.0. The van der Waals surface area contributed by atoms with Crippen LogP contribution in [0.25, 0.3) is 0 Å². The molecule has 2 N–H and O–H groups in total. The first kappa shape index (κ1) is 14.1. The Morgan fingerprint density at radius 1 is 1.33 bits per heavy atom. The summed E-state index contributed by atoms with van der Waals surface area (Å²) in [6.07, 6.45) is 2.44. The van der Waals surface area contributed by atoms with E-state index < -0.39 is 10.9 Å². The van der Waals surface area contributed by atoms with Crippen LogP contribution in [0.5, 0.6) is 0 Å². The van der Waals surface area contributed by atoms with Crippen LogP contribution in [0.15, 0.2) is 47.7 Å². The molecular weight excluding hydrogens is 276 g/mol. The van der Waals surface area contributed by atoms with Crippen molar-refractivity contribution < 1.29 is 14.8 Å². The van der Waals surface area contributed by atoms with E-state index in [-0.39, 0.29) is 11.3 Å². The van der Waals surface area contributed by atoms with Gasteiger partial charge in [0, 0.05) is 11.6 Å². The molecule has 0 aliphatic rings. The first-order valence-electron chi connectivity index (χ1n) is 5.80. The highest BCUT2D eigenvalue weighted by atomic mass is 16.6. The number of carboxylic acid groups (broad SMARTS) is 1. The average molecular weight is 286 g/mol. The van der Waals surface area contributed by atoms with Gasteiger partial charge >= 0.3 is 5.97 Å². The third-order valence-electron chi connectivity index (χ3n) is 2.53. The zero-order valence-electron chi connectivity index (χ0n) is 10.6. The summed E-state index contributed by atoms with van der Waals surface area (Å²) < 4.78 is 0. The van der Waals surface area contributed by atoms with Gasteiger partial charge in [0.25, 0.3) is 5.69 Å². The fraction of sp³-hybridized carbons (Fsp3) is 0. The number of nitrogens with zero attached hydrogens (tertiary/aromatic N) is 3. The van der Waals surface area contributed by atoms with Gasteiger partial charge in [0.2, 0.25) is 0 Å². The van der Waals surface area contributed by atoms with Crippen LogP contribution in [0.2, 0.25) is 0 Å². The summed E-state index contributed by atoms with van der Waals surface area (Å²) in [5.41, 5.74) is 3.00. The van der Waals surface area contributed by atoms with E-state index in [1.54, 1.807) is 18.2 Å². The number of nitrogens with one attached hydrogen (secondary N) is 1. The molecule has 1 heterocycles. The highest BCUT2D eigenvalue weighted by Gasteiger charge is 2.07. The molecular formula is C13H10N4O4. The first-order chi connectivity index (χ1) is 10.1. The lowest BCUT2D eigenvalue weighted by Gasteiger charge is -2.01. The van der Waals surface area contributed by atoms with E-state index in [4.69, 9.17) is 5.11 Å². The van der Waals surface area contributed by atoms with Crippen molar-refractivity contribution in [3.05, 3.63) is 63.8 Å². The molecule has 0 aliphatic carbocycles. The minimum absolute atomic E-state index is 0.124. The second-order valence-electron chi connectivity index (χ2n) is 3.92. The topological polar surface area (TPSA) is 118 Å². The number of aromatic nitrogens is 1. The number of anilines is 1. The maximum absolute atomic E-state index is 11.0. The van der Waals surface area contributed by atoms with Gasteiger partial charge in [-0.2, -0.15) is 5.10 Å². The lowest BCUT2D eigenvalue weighted by atomic mass is 10.1. The monoisotopic (exact) mass is 286 g/mol. The Morgan fingerprint density at radius 3 is 2.71 bits per heavy atom. The molecule has 2 aromatic rings. The van der Waals surface area contributed by atoms with Gasteiger partial charge in [-0.3, -0.25) is 15.5 Å². The SMILES string of the molecule is O=C(O)c1ccccc1/C=N\Nc1ccc([N+](=O)[O-])cn1. The van der Waals surface area contributed by atoms with Crippen LogP contribution in [0.3, 0.4) is 0 Å². The Morgan fingerprint density at radius 2 is 2.10 bits per heavy atom. The van der Waals surface area contributed by atoms with Gasteiger partial charge in [-0.05, 0) is 12.1 Å². The van der Waals surface area contributed by atoms with Crippen molar-refractivity contribution in [1.82, 2.24) is 4.98 Å². The lowest BCUT2D eigenvalue weighted by Crippen LogP contribution is -2.02. The molecule has 0 amide bonds. The van der Waals surface area contributed by atoms with E-state index >= 15 is 0 Å². The molecule has 1 aromatic heterocycles. The van der Waals surface area contributed by atoms with Crippen molar-refractivity contribution in [2.75, 3.05) is 5.43 Å². The number of rotatable bonds is 5. The Balaban J connectivity index is 2.09. The first-order valence-corrected chi connectivity index (χ1v) is 5.80. The molecule has 8 nitrogen and oxygen atoms in total. The largest absolute Gasteiger partial charge is 0.478 e. The number of carbonyl (C=O) groups is 1. The zero-order valence-corrected chi connectivity index (χ0v) is 10.6. The summed E-state index contributed by atoms with van der Waals surface area (Å²) in [4.78, 5) is 24.7. The predicted molar refractivity (Wildman–Crippen MR) is 75.5 cm³/mol. The molecule has 2 rings (SSSR count). The van der Waals surface area contributed by atoms with E-state index in [2.05, 4.69) is 15.5 Å². The summed E-state index contributed by atoms with van der Waals surface area (Å²) in [7, 11) is 0. The molecule has 0 spiro atoms. The number of benzene rings is 1. The number of aromatic carboxylic acids is 1. The standard InChI is InChI=1S/C13H10N4O4/c18-13(19)11-4-2-1-3-9(11)7-15-16-12-6-5-10(8-14-12)17(20)21/h1-8H,(H,14,16)(H,18,19)/b15-7-. The third-order valence-corrected chi connectivity index (χ3v) is 2.53. The van der Waals surface area contributed by atoms with E-state index in [9.17, 15) is 14.9 Å². The summed E-state index contributed by atoms with van der Waals surface area (Å²) in [5, 5.41) is 23.3. The van der Waals surface area contributed by atoms with E-state index in [0.29, 0.717) is 11.4 Å². The molecule has 106 valence electrons. The Kier molecular flexibility index (Phi) is 4.20. The third kappa shape index (κ3) is 3.60. The molecule has 0 unspecified atom stereocenters. The highest BCUT2D eigenvalue weighted by Crippen LogP contribution is 2.12. The highest BCUT2D eigenvalue weighted by molar-refractivity contribution is 5.98. The van der Waals surface area contributed by atoms with Crippen molar-refractivity contribution in [2.24, 2.45) is 5.10 Å². The second-order valence-corrected chi connectivity index (χ2v) is 3.92. The second kappa shape index (κ2) is 6.24. The Bertz CT molecular complexity index is 698. The molecule has 0 saturated carbocycles. The van der Waals surface area contributed by atoms with Gasteiger partial charge in [-0.1, -0.05) is 18.2 Å². The minimum Gasteiger partial charge on any atom is -0.478 e. The van der Waals surface area contributed by atoms with Gasteiger partial charge < -0.3 is 5.11 Å². The van der Waals surface area contributed by atoms with Gasteiger partial charge in [-0.25, -0.2) is 9.78 Å². The van der Waals surface area contributed by atoms with Crippen molar-refractivity contribution in [3.63, 3.8) is 0 Å². The molecule has 0 saturated heterocycles. The molecule has 0 atom stereocenters. The molecule has 0 bridgehead atoms. The molecule has 0 fully saturated rings. The van der Waals surface area contributed by atoms with Crippen LogP contribution in [0.4, 0.5) is 11.5 Å². The fourth-order valence-electron chi connectivity index (χ4n) is 1.53. The number of pyridine rings is 1. The smallest absolute Gasteiger partial charge is 0.336 e. The van der Waals surface area contributed by atoms with Crippen molar-refractivity contribution in [1.29, 1.82) is 0 Å². The van der Waals surface area contributed by atoms with Crippen LogP contribution in [-0.4, -0.2) is 27.2 Å². The minimum atomic E-state index is -1.05. The molecule has 0 radical (unpaired) electrons. The summed E-state index contributed by atoms with van der Waals surface area (Å²) in [5.74, 6) is -0.741. The van der Waals surface area contributed by atoms with E-state index in [1.807, 2.05) is 0 Å². The summed E-state index contributed by atoms with van der Waals surface area (Å²) in [6.45, 7) is 0. The van der Waals surface area contributed by atoms with Crippen LogP contribution in [0.1, 0.15) is 15.9 Å². The van der Waals surface area contributed by atoms with Gasteiger partial charge in [0.05, 0.1) is 16.7 Å². The van der Waals surface area contributed by atoms with Gasteiger partial charge in [-0.15, -0.1) is 0 Å². The van der Waals surface area contributed by atoms with Crippen molar-refractivity contribution >= 4 is 23.7 Å². The Labute approximate surface area is 118 Å². The summed E-state index contributed by atoms with van der Waals surface area (Å²) >= 11 is 0. The number of hydrazone groups is 1. The molecule has 21 heavy (non-hydrogen) atoms. The number of hydrogen-bond acceptors (Lipinski definition) is 6. The van der Waals surface area contributed by atoms with Gasteiger partial charge in [0.1, 0.15) is 12.0 Å². The normalized spacial score (nSPS) is 10.5. The predicted octanol–water partition coefficient (Wildman–Crippen LogP) is 2.13. The van der Waals surface area contributed by atoms with Crippen LogP contribution in [-0.2, 0) is 0 Å². The van der Waals surface area contributed by atoms with E-state index in [1.165, 1.54) is 24.4 Å². The molecule has 1 aromatic carbocycles. The van der Waals surface area contributed by atoms with E-state index in [0.717, 1.165) is 6.20 Å². The number of carboxylic acids is 1. The van der Waals surface area contributed by atoms with Crippen molar-refractivity contribution in [2.45, 2.75) is 0 Å².